The lowest BCUT2D eigenvalue weighted by Crippen LogP contribution is -2.31. The fraction of sp³-hybridized carbons (Fsp3) is 0.480. The van der Waals surface area contributed by atoms with Crippen molar-refractivity contribution in [1.29, 1.82) is 0 Å². The second-order valence-corrected chi connectivity index (χ2v) is 9.53. The predicted molar refractivity (Wildman–Crippen MR) is 111 cm³/mol. The lowest BCUT2D eigenvalue weighted by atomic mass is 9.82. The summed E-state index contributed by atoms with van der Waals surface area (Å²) in [5.41, 5.74) is 1.74. The molecule has 0 radical (unpaired) electrons. The molecule has 2 bridgehead atoms. The average Bonchev–Trinajstić information content (AvgIpc) is 3.37. The molecule has 3 fully saturated rings. The highest BCUT2D eigenvalue weighted by Gasteiger charge is 2.53. The molecule has 0 N–H and O–H groups in total. The van der Waals surface area contributed by atoms with Crippen LogP contribution in [0.1, 0.15) is 49.5 Å². The first kappa shape index (κ1) is 17.8. The minimum absolute atomic E-state index is 0.0512. The van der Waals surface area contributed by atoms with Crippen LogP contribution >= 0.6 is 0 Å². The van der Waals surface area contributed by atoms with Gasteiger partial charge in [0.25, 0.3) is 5.91 Å². The quantitative estimate of drug-likeness (QED) is 0.690. The van der Waals surface area contributed by atoms with Gasteiger partial charge in [-0.15, -0.1) is 0 Å². The lowest BCUT2D eigenvalue weighted by molar-refractivity contribution is 0.0595. The maximum absolute atomic E-state index is 13.4. The Balaban J connectivity index is 1.48. The molecule has 0 spiro atoms. The third kappa shape index (κ3) is 2.91. The number of fused-ring (bicyclic) bond motifs is 6. The van der Waals surface area contributed by atoms with Crippen molar-refractivity contribution in [3.8, 4) is 11.8 Å². The van der Waals surface area contributed by atoms with Crippen molar-refractivity contribution >= 4 is 16.7 Å². The van der Waals surface area contributed by atoms with E-state index >= 15 is 0 Å². The normalized spacial score (nSPS) is 28.3. The van der Waals surface area contributed by atoms with Crippen LogP contribution < -0.4 is 0 Å². The predicted octanol–water partition coefficient (Wildman–Crippen LogP) is 4.49. The van der Waals surface area contributed by atoms with E-state index in [0.717, 1.165) is 47.8 Å². The Morgan fingerprint density at radius 1 is 1.00 bits per heavy atom. The number of hydrogen-bond donors (Lipinski definition) is 0. The molecule has 144 valence electrons. The summed E-state index contributed by atoms with van der Waals surface area (Å²) in [5.74, 6) is 7.86. The fourth-order valence-electron chi connectivity index (χ4n) is 5.16. The molecule has 28 heavy (non-hydrogen) atoms. The van der Waals surface area contributed by atoms with Crippen molar-refractivity contribution in [3.05, 3.63) is 47.5 Å². The van der Waals surface area contributed by atoms with Gasteiger partial charge in [-0.05, 0) is 56.5 Å². The molecule has 3 heterocycles. The zero-order valence-electron chi connectivity index (χ0n) is 16.9. The van der Waals surface area contributed by atoms with Crippen LogP contribution in [0.4, 0.5) is 0 Å². The van der Waals surface area contributed by atoms with Gasteiger partial charge in [0.1, 0.15) is 0 Å². The second kappa shape index (κ2) is 6.36. The Kier molecular flexibility index (Phi) is 4.03. The minimum atomic E-state index is -0.0512. The van der Waals surface area contributed by atoms with Gasteiger partial charge in [0, 0.05) is 41.5 Å². The molecule has 4 atom stereocenters. The van der Waals surface area contributed by atoms with Gasteiger partial charge in [-0.25, -0.2) is 0 Å². The number of rotatable bonds is 1. The van der Waals surface area contributed by atoms with Gasteiger partial charge in [0.05, 0.1) is 12.2 Å². The van der Waals surface area contributed by atoms with Crippen molar-refractivity contribution in [3.63, 3.8) is 0 Å². The van der Waals surface area contributed by atoms with Crippen LogP contribution in [0.25, 0.3) is 10.8 Å². The molecule has 5 rings (SSSR count). The number of ether oxygens (including phenoxy) is 1. The third-order valence-corrected chi connectivity index (χ3v) is 6.46. The molecular formula is C25H27NO2. The molecular weight excluding hydrogens is 346 g/mol. The molecule has 0 aliphatic carbocycles. The van der Waals surface area contributed by atoms with E-state index in [4.69, 9.17) is 4.74 Å². The van der Waals surface area contributed by atoms with Gasteiger partial charge in [-0.1, -0.05) is 36.1 Å². The molecule has 3 nitrogen and oxygen atoms in total. The van der Waals surface area contributed by atoms with E-state index in [1.165, 1.54) is 0 Å². The highest BCUT2D eigenvalue weighted by molar-refractivity contribution is 6.08. The first-order valence-corrected chi connectivity index (χ1v) is 10.4. The standard InChI is InChI=1S/C25H27NO2/c1-25(2,3)13-12-16-6-4-8-18-17(16)7-5-9-19(18)24(27)26-14-20-21(15-26)23-11-10-22(20)28-23/h4-9,20-23H,10-11,14-15H2,1-3H3/t20-,21+,22+,23-. The largest absolute Gasteiger partial charge is 0.374 e. The number of benzene rings is 2. The van der Waals surface area contributed by atoms with E-state index in [1.54, 1.807) is 0 Å². The summed E-state index contributed by atoms with van der Waals surface area (Å²) in [6.45, 7) is 8.01. The first-order valence-electron chi connectivity index (χ1n) is 10.4. The average molecular weight is 373 g/mol. The van der Waals surface area contributed by atoms with E-state index in [0.29, 0.717) is 24.0 Å². The van der Waals surface area contributed by atoms with Crippen LogP contribution in [0, 0.1) is 29.1 Å². The molecule has 2 aromatic carbocycles. The number of carbonyl (C=O) groups is 1. The zero-order chi connectivity index (χ0) is 19.5. The van der Waals surface area contributed by atoms with E-state index < -0.39 is 0 Å². The number of nitrogens with zero attached hydrogens (tertiary/aromatic N) is 1. The van der Waals surface area contributed by atoms with Gasteiger partial charge in [-0.2, -0.15) is 0 Å². The van der Waals surface area contributed by atoms with E-state index in [-0.39, 0.29) is 11.3 Å². The molecule has 0 aromatic heterocycles. The van der Waals surface area contributed by atoms with Crippen molar-refractivity contribution < 1.29 is 9.53 Å². The molecule has 3 aliphatic rings. The lowest BCUT2D eigenvalue weighted by Gasteiger charge is -2.20. The summed E-state index contributed by atoms with van der Waals surface area (Å²) in [7, 11) is 0. The van der Waals surface area contributed by atoms with E-state index in [2.05, 4.69) is 49.6 Å². The van der Waals surface area contributed by atoms with Crippen LogP contribution in [-0.4, -0.2) is 36.1 Å². The molecule has 2 aromatic rings. The number of hydrogen-bond acceptors (Lipinski definition) is 2. The Morgan fingerprint density at radius 3 is 2.32 bits per heavy atom. The highest BCUT2D eigenvalue weighted by atomic mass is 16.5. The molecule has 0 unspecified atom stereocenters. The van der Waals surface area contributed by atoms with Crippen molar-refractivity contribution in [2.75, 3.05) is 13.1 Å². The summed E-state index contributed by atoms with van der Waals surface area (Å²) < 4.78 is 6.06. The van der Waals surface area contributed by atoms with Crippen molar-refractivity contribution in [2.24, 2.45) is 17.3 Å². The zero-order valence-corrected chi connectivity index (χ0v) is 16.9. The Morgan fingerprint density at radius 2 is 1.64 bits per heavy atom. The number of likely N-dealkylation sites (tertiary alicyclic amines) is 1. The smallest absolute Gasteiger partial charge is 0.254 e. The van der Waals surface area contributed by atoms with Crippen LogP contribution in [0.15, 0.2) is 36.4 Å². The summed E-state index contributed by atoms with van der Waals surface area (Å²) in [4.78, 5) is 15.5. The van der Waals surface area contributed by atoms with Crippen LogP contribution in [0.5, 0.6) is 0 Å². The SMILES string of the molecule is CC(C)(C)C#Cc1cccc2c(C(=O)N3C[C@@H]4[C@H](C3)[C@H]3CC[C@@H]4O3)cccc12. The molecule has 3 saturated heterocycles. The van der Waals surface area contributed by atoms with Crippen molar-refractivity contribution in [1.82, 2.24) is 4.90 Å². The van der Waals surface area contributed by atoms with Gasteiger partial charge in [0.2, 0.25) is 0 Å². The minimum Gasteiger partial charge on any atom is -0.374 e. The van der Waals surface area contributed by atoms with Gasteiger partial charge >= 0.3 is 0 Å². The Labute approximate surface area is 167 Å². The summed E-state index contributed by atoms with van der Waals surface area (Å²) >= 11 is 0. The molecule has 1 amide bonds. The van der Waals surface area contributed by atoms with Crippen LogP contribution in [-0.2, 0) is 4.74 Å². The van der Waals surface area contributed by atoms with Gasteiger partial charge < -0.3 is 9.64 Å². The van der Waals surface area contributed by atoms with Crippen LogP contribution in [0.2, 0.25) is 0 Å². The summed E-state index contributed by atoms with van der Waals surface area (Å²) in [5, 5.41) is 2.07. The molecule has 3 heteroatoms. The monoisotopic (exact) mass is 373 g/mol. The number of carbonyl (C=O) groups excluding carboxylic acids is 1. The van der Waals surface area contributed by atoms with Gasteiger partial charge in [-0.3, -0.25) is 4.79 Å². The van der Waals surface area contributed by atoms with Gasteiger partial charge in [0.15, 0.2) is 0 Å². The van der Waals surface area contributed by atoms with E-state index in [1.807, 2.05) is 24.3 Å². The molecule has 0 saturated carbocycles. The van der Waals surface area contributed by atoms with Crippen LogP contribution in [0.3, 0.4) is 0 Å². The highest BCUT2D eigenvalue weighted by Crippen LogP contribution is 2.47. The Bertz CT molecular complexity index is 989. The van der Waals surface area contributed by atoms with Crippen molar-refractivity contribution in [2.45, 2.75) is 45.8 Å². The second-order valence-electron chi connectivity index (χ2n) is 9.53. The van der Waals surface area contributed by atoms with E-state index in [9.17, 15) is 4.79 Å². The molecule has 3 aliphatic heterocycles. The maximum atomic E-state index is 13.4. The third-order valence-electron chi connectivity index (χ3n) is 6.46. The Hall–Kier alpha value is -2.31. The fourth-order valence-corrected chi connectivity index (χ4v) is 5.16. The topological polar surface area (TPSA) is 29.5 Å². The summed E-state index contributed by atoms with van der Waals surface area (Å²) in [6.07, 6.45) is 3.08. The summed E-state index contributed by atoms with van der Waals surface area (Å²) in [6, 6.07) is 12.1. The number of amides is 1. The first-order chi connectivity index (χ1) is 13.4. The maximum Gasteiger partial charge on any atom is 0.254 e.